The van der Waals surface area contributed by atoms with E-state index in [-0.39, 0.29) is 75.4 Å². The fourth-order valence-electron chi connectivity index (χ4n) is 13.6. The number of rotatable bonds is 33. The summed E-state index contributed by atoms with van der Waals surface area (Å²) in [5, 5.41) is 30.6. The summed E-state index contributed by atoms with van der Waals surface area (Å²) >= 11 is 0. The number of alkyl carbamates (subject to hydrolysis) is 1. The smallest absolute Gasteiger partial charge is 0.408 e. The number of hydrogen-bond acceptors (Lipinski definition) is 17. The fraction of sp³-hybridized carbons (Fsp3) is 0.538. The molecule has 2 fully saturated rings. The van der Waals surface area contributed by atoms with E-state index in [1.54, 1.807) is 69.2 Å². The van der Waals surface area contributed by atoms with E-state index < -0.39 is 166 Å². The number of carboxylic acids is 1. The number of aliphatic imine (C=N–C) groups is 1. The first-order valence-electron chi connectivity index (χ1n) is 37.0. The Morgan fingerprint density at radius 1 is 0.642 bits per heavy atom. The predicted molar refractivity (Wildman–Crippen MR) is 407 cm³/mol. The number of carbonyl (C=O) groups excluding carboxylic acids is 10. The van der Waals surface area contributed by atoms with E-state index >= 15 is 0 Å². The minimum Gasteiger partial charge on any atom is -0.487 e. The number of nitrogens with two attached hydrogens (primary N) is 1. The van der Waals surface area contributed by atoms with Crippen LogP contribution in [0.15, 0.2) is 101 Å². The van der Waals surface area contributed by atoms with Crippen LogP contribution < -0.4 is 57.7 Å². The minimum absolute atomic E-state index is 0.0494. The van der Waals surface area contributed by atoms with Gasteiger partial charge in [-0.1, -0.05) is 105 Å². The Kier molecular flexibility index (Phi) is 29.8. The molecule has 0 aromatic heterocycles. The lowest BCUT2D eigenvalue weighted by Gasteiger charge is -2.37. The predicted octanol–water partition coefficient (Wildman–Crippen LogP) is 4.60. The second kappa shape index (κ2) is 37.8. The van der Waals surface area contributed by atoms with Gasteiger partial charge in [-0.2, -0.15) is 0 Å². The van der Waals surface area contributed by atoms with Crippen LogP contribution in [0.4, 0.5) is 4.79 Å². The van der Waals surface area contributed by atoms with Gasteiger partial charge in [-0.15, -0.1) is 0 Å². The molecular weight excluding hydrogens is 1420 g/mol. The second-order valence-electron chi connectivity index (χ2n) is 30.8. The second-order valence-corrected chi connectivity index (χ2v) is 32.4. The van der Waals surface area contributed by atoms with E-state index in [1.807, 2.05) is 112 Å². The third-order valence-electron chi connectivity index (χ3n) is 19.0. The molecule has 0 spiro atoms. The first-order valence-corrected chi connectivity index (χ1v) is 38.5. The molecule has 30 nitrogen and oxygen atoms in total. The largest absolute Gasteiger partial charge is 0.487 e. The van der Waals surface area contributed by atoms with Crippen LogP contribution in [0.5, 0.6) is 5.75 Å². The fourth-order valence-corrected chi connectivity index (χ4v) is 15.1. The number of guanidine groups is 1. The molecule has 31 heteroatoms. The van der Waals surface area contributed by atoms with Gasteiger partial charge < -0.3 is 77.4 Å². The zero-order chi connectivity index (χ0) is 80.3. The van der Waals surface area contributed by atoms with Crippen molar-refractivity contribution in [2.24, 2.45) is 16.6 Å². The third-order valence-corrected chi connectivity index (χ3v) is 20.6. The van der Waals surface area contributed by atoms with Crippen LogP contribution in [0.3, 0.4) is 0 Å². The molecule has 0 unspecified atom stereocenters. The van der Waals surface area contributed by atoms with Crippen LogP contribution in [0.25, 0.3) is 0 Å². The maximum Gasteiger partial charge on any atom is 0.408 e. The topological polar surface area (TPSA) is 423 Å². The Balaban J connectivity index is 0.953. The molecule has 7 rings (SSSR count). The Labute approximate surface area is 638 Å². The molecule has 0 radical (unpaired) electrons. The van der Waals surface area contributed by atoms with Gasteiger partial charge in [0.25, 0.3) is 10.0 Å². The lowest BCUT2D eigenvalue weighted by Crippen LogP contribution is -2.57. The normalized spacial score (nSPS) is 16.9. The number of amides is 10. The molecule has 0 saturated carbocycles. The van der Waals surface area contributed by atoms with Gasteiger partial charge in [0.2, 0.25) is 59.1 Å². The van der Waals surface area contributed by atoms with Crippen molar-refractivity contribution in [1.29, 1.82) is 0 Å². The number of hydrogen-bond donors (Lipinski definition) is 11. The van der Waals surface area contributed by atoms with Crippen LogP contribution in [0, 0.1) is 26.7 Å². The first-order chi connectivity index (χ1) is 51.2. The van der Waals surface area contributed by atoms with Gasteiger partial charge in [-0.25, -0.2) is 17.9 Å². The van der Waals surface area contributed by atoms with E-state index in [2.05, 4.69) is 52.2 Å². The van der Waals surface area contributed by atoms with E-state index in [0.29, 0.717) is 48.1 Å². The Morgan fingerprint density at radius 2 is 1.18 bits per heavy atom. The third kappa shape index (κ3) is 24.2. The van der Waals surface area contributed by atoms with E-state index in [9.17, 15) is 66.3 Å². The molecule has 4 aromatic rings. The zero-order valence-electron chi connectivity index (χ0n) is 64.7. The van der Waals surface area contributed by atoms with Gasteiger partial charge in [0.15, 0.2) is 0 Å². The van der Waals surface area contributed by atoms with Gasteiger partial charge in [0.1, 0.15) is 65.3 Å². The van der Waals surface area contributed by atoms with Crippen molar-refractivity contribution in [3.05, 3.63) is 130 Å². The number of carboxylic acid groups (broad SMARTS) is 1. The van der Waals surface area contributed by atoms with Crippen molar-refractivity contribution in [2.45, 2.75) is 224 Å². The number of carbonyl (C=O) groups is 11. The lowest BCUT2D eigenvalue weighted by atomic mass is 9.77. The molecule has 109 heavy (non-hydrogen) atoms. The standard InChI is InChI=1S/C78H109N13O17S/c1-47(2)42-57(70(100)85-56(67(97)83-45-64(95)96)35-36-61(92)88-78(51-26-17-14-18-27-51,52-28-19-15-20-29-52)53-30-21-16-22-31-53)84-62(93)43-81-71(101)59-33-24-41-91(59)72(102)60-34-25-40-90(60)63(94)44-82-68(98)58(46-106-75(6,7)8)86-69(99)55(87-74(103)108-76(9,10)11)32-23-39-80-73(79)89-109(104,105)66-49(4)48(3)65-54(50(66)5)37-38-77(12,13)107-65/h14-22,26-31,47,55-60H,23-25,32-46H2,1-13H3,(H,81,101)(H,82,98)(H,83,97)(H,84,93)(H,85,100)(H,86,99)(H,87,103)(H,88,92)(H,95,96)(H3,79,80,89)/t55-,56-,57-,58-,59-,60-/m0/s1. The summed E-state index contributed by atoms with van der Waals surface area (Å²) in [7, 11) is -4.25. The average molecular weight is 1530 g/mol. The molecule has 2 saturated heterocycles. The number of likely N-dealkylation sites (tertiary alicyclic amines) is 2. The summed E-state index contributed by atoms with van der Waals surface area (Å²) in [6, 6.07) is 20.3. The van der Waals surface area contributed by atoms with Crippen molar-refractivity contribution in [2.75, 3.05) is 45.9 Å². The van der Waals surface area contributed by atoms with Crippen molar-refractivity contribution in [3.63, 3.8) is 0 Å². The highest BCUT2D eigenvalue weighted by Gasteiger charge is 2.44. The van der Waals surface area contributed by atoms with Gasteiger partial charge in [0, 0.05) is 26.1 Å². The van der Waals surface area contributed by atoms with E-state index in [1.165, 1.54) is 9.80 Å². The van der Waals surface area contributed by atoms with Crippen LogP contribution in [-0.4, -0.2) is 193 Å². The summed E-state index contributed by atoms with van der Waals surface area (Å²) in [5.74, 6) is -7.93. The molecular formula is C78H109N13O17S. The number of fused-ring (bicyclic) bond motifs is 1. The number of nitrogens with one attached hydrogen (secondary N) is 9. The van der Waals surface area contributed by atoms with Crippen LogP contribution in [0.2, 0.25) is 0 Å². The SMILES string of the molecule is Cc1c(C)c(S(=O)(=O)NC(N)=NCCC[C@H](NC(=O)OC(C)(C)C)C(=O)N[C@@H](COC(C)(C)C)C(=O)NCC(=O)N2CCC[C@H]2C(=O)N2CCC[C@H]2C(=O)NCC(=O)N[C@@H](CC(C)C)C(=O)N[C@@H](CCC(=O)NC(c2ccccc2)(c2ccccc2)c2ccccc2)C(=O)NCC(=O)O)c(C)c2c1OC(C)(C)CC2. The number of sulfonamides is 1. The summed E-state index contributed by atoms with van der Waals surface area (Å²) in [4.78, 5) is 159. The molecule has 0 bridgehead atoms. The van der Waals surface area contributed by atoms with Crippen LogP contribution in [0.1, 0.15) is 172 Å². The molecule has 12 N–H and O–H groups in total. The highest BCUT2D eigenvalue weighted by atomic mass is 32.2. The zero-order valence-corrected chi connectivity index (χ0v) is 65.6. The summed E-state index contributed by atoms with van der Waals surface area (Å²) in [6.07, 6.45) is 0.932. The van der Waals surface area contributed by atoms with Crippen molar-refractivity contribution in [1.82, 2.24) is 57.1 Å². The number of benzene rings is 4. The molecule has 4 aromatic carbocycles. The average Bonchev–Trinajstić information content (AvgIpc) is 0.977. The van der Waals surface area contributed by atoms with Crippen LogP contribution >= 0.6 is 0 Å². The van der Waals surface area contributed by atoms with E-state index in [0.717, 1.165) is 22.3 Å². The highest BCUT2D eigenvalue weighted by molar-refractivity contribution is 7.90. The van der Waals surface area contributed by atoms with Gasteiger partial charge >= 0.3 is 12.1 Å². The van der Waals surface area contributed by atoms with Crippen molar-refractivity contribution in [3.8, 4) is 5.75 Å². The van der Waals surface area contributed by atoms with Gasteiger partial charge in [-0.3, -0.25) is 52.9 Å². The molecule has 3 aliphatic heterocycles. The highest BCUT2D eigenvalue weighted by Crippen LogP contribution is 2.43. The van der Waals surface area contributed by atoms with Crippen molar-refractivity contribution >= 4 is 81.2 Å². The number of nitrogens with zero attached hydrogens (tertiary/aromatic N) is 3. The van der Waals surface area contributed by atoms with Gasteiger partial charge in [0.05, 0.1) is 30.2 Å². The lowest BCUT2D eigenvalue weighted by molar-refractivity contribution is -0.146. The minimum atomic E-state index is -4.25. The van der Waals surface area contributed by atoms with Crippen molar-refractivity contribution < 1.29 is 80.5 Å². The van der Waals surface area contributed by atoms with E-state index in [4.69, 9.17) is 19.9 Å². The first kappa shape index (κ1) is 86.1. The Bertz CT molecular complexity index is 3990. The Morgan fingerprint density at radius 3 is 1.75 bits per heavy atom. The summed E-state index contributed by atoms with van der Waals surface area (Å²) in [6.45, 7) is 20.5. The summed E-state index contributed by atoms with van der Waals surface area (Å²) < 4.78 is 47.9. The molecule has 10 amide bonds. The molecule has 6 atom stereocenters. The summed E-state index contributed by atoms with van der Waals surface area (Å²) in [5.41, 5.74) is 7.44. The quantitative estimate of drug-likeness (QED) is 0.0134. The molecule has 0 aliphatic carbocycles. The maximum atomic E-state index is 14.5. The number of aliphatic carboxylic acids is 1. The Hall–Kier alpha value is -10.2. The monoisotopic (exact) mass is 1530 g/mol. The molecule has 3 heterocycles. The molecule has 3 aliphatic rings. The number of ether oxygens (including phenoxy) is 3. The molecule has 594 valence electrons. The van der Waals surface area contributed by atoms with Crippen LogP contribution in [-0.2, 0) is 79.4 Å². The van der Waals surface area contributed by atoms with Gasteiger partial charge in [-0.05, 0) is 185 Å². The maximum absolute atomic E-state index is 14.5.